The zero-order valence-electron chi connectivity index (χ0n) is 9.13. The Morgan fingerprint density at radius 2 is 1.86 bits per heavy atom. The van der Waals surface area contributed by atoms with Crippen LogP contribution in [0.1, 0.15) is 33.2 Å². The average molecular weight is 193 g/mol. The first-order valence-electron chi connectivity index (χ1n) is 5.68. The Kier molecular flexibility index (Phi) is 6.09. The predicted molar refractivity (Wildman–Crippen MR) is 64.7 cm³/mol. The van der Waals surface area contributed by atoms with Crippen LogP contribution in [-0.2, 0) is 6.42 Å². The molecular formula is C13H23N. The average Bonchev–Trinajstić information content (AvgIpc) is 2.25. The molecule has 0 aromatic heterocycles. The largest absolute Gasteiger partial charge is 0.317 e. The molecule has 0 aliphatic rings. The van der Waals surface area contributed by atoms with E-state index in [1.165, 1.54) is 37.8 Å². The van der Waals surface area contributed by atoms with E-state index in [2.05, 4.69) is 42.6 Å². The lowest BCUT2D eigenvalue weighted by Crippen LogP contribution is -2.15. The van der Waals surface area contributed by atoms with E-state index in [1.54, 1.807) is 0 Å². The van der Waals surface area contributed by atoms with Crippen molar-refractivity contribution in [1.29, 1.82) is 0 Å². The van der Waals surface area contributed by atoms with Gasteiger partial charge in [0.05, 0.1) is 0 Å². The smallest absolute Gasteiger partial charge is 0 e. The number of rotatable bonds is 7. The molecule has 0 radical (unpaired) electrons. The molecule has 1 rings (SSSR count). The highest BCUT2D eigenvalue weighted by atomic mass is 14.8. The molecule has 0 spiro atoms. The third-order valence-electron chi connectivity index (χ3n) is 2.34. The lowest BCUT2D eigenvalue weighted by molar-refractivity contribution is 0.617. The highest BCUT2D eigenvalue weighted by molar-refractivity contribution is 5.14. The van der Waals surface area contributed by atoms with E-state index in [4.69, 9.17) is 0 Å². The summed E-state index contributed by atoms with van der Waals surface area (Å²) in [6.07, 6.45) is 5.03. The molecular weight excluding hydrogens is 170 g/mol. The number of unbranched alkanes of at least 4 members (excludes halogenated alkanes) is 1. The summed E-state index contributed by atoms with van der Waals surface area (Å²) in [5.41, 5.74) is 1.46. The van der Waals surface area contributed by atoms with Gasteiger partial charge < -0.3 is 5.32 Å². The van der Waals surface area contributed by atoms with E-state index < -0.39 is 0 Å². The number of hydrogen-bond acceptors (Lipinski definition) is 1. The Hall–Kier alpha value is -0.820. The Labute approximate surface area is 89.0 Å². The highest BCUT2D eigenvalue weighted by Crippen LogP contribution is 2.03. The maximum absolute atomic E-state index is 3.42. The Morgan fingerprint density at radius 1 is 1.07 bits per heavy atom. The minimum atomic E-state index is 0. The van der Waals surface area contributed by atoms with Crippen LogP contribution < -0.4 is 5.32 Å². The lowest BCUT2D eigenvalue weighted by Gasteiger charge is -2.03. The van der Waals surface area contributed by atoms with Crippen molar-refractivity contribution in [2.75, 3.05) is 13.1 Å². The van der Waals surface area contributed by atoms with Crippen LogP contribution in [0.15, 0.2) is 30.3 Å². The maximum Gasteiger partial charge on any atom is 0 e. The predicted octanol–water partition coefficient (Wildman–Crippen LogP) is 3.25. The van der Waals surface area contributed by atoms with Crippen molar-refractivity contribution in [1.82, 2.24) is 5.32 Å². The summed E-state index contributed by atoms with van der Waals surface area (Å²) in [6.45, 7) is 4.53. The second kappa shape index (κ2) is 7.57. The molecule has 0 aliphatic carbocycles. The fourth-order valence-electron chi connectivity index (χ4n) is 1.53. The van der Waals surface area contributed by atoms with E-state index in [0.29, 0.717) is 0 Å². The molecule has 0 saturated carbocycles. The molecule has 14 heavy (non-hydrogen) atoms. The van der Waals surface area contributed by atoms with Gasteiger partial charge in [0.25, 0.3) is 0 Å². The summed E-state index contributed by atoms with van der Waals surface area (Å²) in [6, 6.07) is 10.7. The fourth-order valence-corrected chi connectivity index (χ4v) is 1.53. The summed E-state index contributed by atoms with van der Waals surface area (Å²) in [4.78, 5) is 0. The molecule has 80 valence electrons. The number of hydrogen-bond donors (Lipinski definition) is 1. The van der Waals surface area contributed by atoms with E-state index in [1.807, 2.05) is 0 Å². The molecule has 0 amide bonds. The summed E-state index contributed by atoms with van der Waals surface area (Å²) in [5, 5.41) is 3.42. The van der Waals surface area contributed by atoms with Crippen molar-refractivity contribution in [2.45, 2.75) is 32.6 Å². The highest BCUT2D eigenvalue weighted by Gasteiger charge is 1.91. The molecule has 1 aromatic rings. The van der Waals surface area contributed by atoms with Crippen LogP contribution in [0.4, 0.5) is 0 Å². The third kappa shape index (κ3) is 5.03. The van der Waals surface area contributed by atoms with Gasteiger partial charge >= 0.3 is 0 Å². The van der Waals surface area contributed by atoms with Gasteiger partial charge in [-0.3, -0.25) is 0 Å². The zero-order chi connectivity index (χ0) is 10.1. The van der Waals surface area contributed by atoms with Crippen molar-refractivity contribution >= 4 is 0 Å². The van der Waals surface area contributed by atoms with E-state index in [-0.39, 0.29) is 1.43 Å². The van der Waals surface area contributed by atoms with Crippen LogP contribution in [-0.4, -0.2) is 13.1 Å². The topological polar surface area (TPSA) is 12.0 Å². The van der Waals surface area contributed by atoms with E-state index in [9.17, 15) is 0 Å². The molecule has 0 heterocycles. The van der Waals surface area contributed by atoms with Crippen molar-refractivity contribution in [3.8, 4) is 0 Å². The van der Waals surface area contributed by atoms with Gasteiger partial charge in [0.15, 0.2) is 0 Å². The third-order valence-corrected chi connectivity index (χ3v) is 2.34. The number of benzene rings is 1. The quantitative estimate of drug-likeness (QED) is 0.655. The Balaban J connectivity index is 0.00000196. The van der Waals surface area contributed by atoms with E-state index >= 15 is 0 Å². The molecule has 1 aromatic carbocycles. The summed E-state index contributed by atoms with van der Waals surface area (Å²) in [7, 11) is 0. The lowest BCUT2D eigenvalue weighted by atomic mass is 10.1. The SMILES string of the molecule is CCCNCCCCc1ccccc1.[HH]. The second-order valence-corrected chi connectivity index (χ2v) is 3.69. The van der Waals surface area contributed by atoms with Crippen molar-refractivity contribution < 1.29 is 1.43 Å². The molecule has 0 saturated heterocycles. The van der Waals surface area contributed by atoms with Crippen molar-refractivity contribution in [3.63, 3.8) is 0 Å². The van der Waals surface area contributed by atoms with Gasteiger partial charge in [0, 0.05) is 1.43 Å². The molecule has 0 aliphatic heterocycles. The molecule has 0 fully saturated rings. The van der Waals surface area contributed by atoms with Crippen LogP contribution in [0.25, 0.3) is 0 Å². The van der Waals surface area contributed by atoms with Crippen molar-refractivity contribution in [3.05, 3.63) is 35.9 Å². The molecule has 1 heteroatoms. The van der Waals surface area contributed by atoms with Crippen LogP contribution in [0.3, 0.4) is 0 Å². The number of aryl methyl sites for hydroxylation is 1. The normalized spacial score (nSPS) is 10.4. The summed E-state index contributed by atoms with van der Waals surface area (Å²) >= 11 is 0. The second-order valence-electron chi connectivity index (χ2n) is 3.69. The minimum Gasteiger partial charge on any atom is -0.317 e. The Morgan fingerprint density at radius 3 is 2.57 bits per heavy atom. The van der Waals surface area contributed by atoms with Crippen LogP contribution >= 0.6 is 0 Å². The first-order valence-corrected chi connectivity index (χ1v) is 5.68. The number of nitrogens with one attached hydrogen (secondary N) is 1. The van der Waals surface area contributed by atoms with Gasteiger partial charge in [0.2, 0.25) is 0 Å². The fraction of sp³-hybridized carbons (Fsp3) is 0.538. The van der Waals surface area contributed by atoms with Gasteiger partial charge in [-0.1, -0.05) is 37.3 Å². The summed E-state index contributed by atoms with van der Waals surface area (Å²) in [5.74, 6) is 0. The van der Waals surface area contributed by atoms with Gasteiger partial charge in [-0.15, -0.1) is 0 Å². The molecule has 0 bridgehead atoms. The minimum absolute atomic E-state index is 0. The molecule has 0 unspecified atom stereocenters. The van der Waals surface area contributed by atoms with Gasteiger partial charge in [-0.05, 0) is 44.3 Å². The van der Waals surface area contributed by atoms with Crippen LogP contribution in [0, 0.1) is 0 Å². The van der Waals surface area contributed by atoms with Crippen molar-refractivity contribution in [2.24, 2.45) is 0 Å². The van der Waals surface area contributed by atoms with E-state index in [0.717, 1.165) is 6.54 Å². The van der Waals surface area contributed by atoms with Gasteiger partial charge in [0.1, 0.15) is 0 Å². The summed E-state index contributed by atoms with van der Waals surface area (Å²) < 4.78 is 0. The molecule has 1 nitrogen and oxygen atoms in total. The first kappa shape index (κ1) is 11.3. The van der Waals surface area contributed by atoms with Gasteiger partial charge in [-0.2, -0.15) is 0 Å². The zero-order valence-corrected chi connectivity index (χ0v) is 9.13. The van der Waals surface area contributed by atoms with Crippen LogP contribution in [0.5, 0.6) is 0 Å². The Bertz CT molecular complexity index is 223. The first-order chi connectivity index (χ1) is 6.93. The maximum atomic E-state index is 3.42. The molecule has 1 N–H and O–H groups in total. The monoisotopic (exact) mass is 193 g/mol. The standard InChI is InChI=1S/C13H21N.H2/c1-2-11-14-12-7-6-10-13-8-4-3-5-9-13;/h3-5,8-9,14H,2,6-7,10-12H2,1H3;1H. The van der Waals surface area contributed by atoms with Gasteiger partial charge in [-0.25, -0.2) is 0 Å². The molecule has 0 atom stereocenters. The van der Waals surface area contributed by atoms with Crippen LogP contribution in [0.2, 0.25) is 0 Å².